The zero-order valence-electron chi connectivity index (χ0n) is 8.64. The van der Waals surface area contributed by atoms with Crippen molar-refractivity contribution in [3.8, 4) is 0 Å². The maximum atomic E-state index is 12.8. The molecule has 0 fully saturated rings. The molecule has 0 amide bonds. The van der Waals surface area contributed by atoms with Gasteiger partial charge < -0.3 is 5.73 Å². The minimum Gasteiger partial charge on any atom is -0.321 e. The lowest BCUT2D eigenvalue weighted by Crippen LogP contribution is -2.38. The van der Waals surface area contributed by atoms with Gasteiger partial charge in [0.05, 0.1) is 0 Å². The van der Waals surface area contributed by atoms with E-state index in [0.29, 0.717) is 5.02 Å². The highest BCUT2D eigenvalue weighted by Gasteiger charge is 2.27. The molecule has 0 aromatic heterocycles. The van der Waals surface area contributed by atoms with Crippen LogP contribution in [0.1, 0.15) is 26.3 Å². The van der Waals surface area contributed by atoms with Gasteiger partial charge in [-0.2, -0.15) is 0 Å². The Kier molecular flexibility index (Phi) is 3.17. The molecule has 1 rings (SSSR count). The SMILES string of the molecule is CC(C)[C@@](C)(N)c1ccc(F)cc1Cl. The summed E-state index contributed by atoms with van der Waals surface area (Å²) in [4.78, 5) is 0. The predicted molar refractivity (Wildman–Crippen MR) is 57.8 cm³/mol. The lowest BCUT2D eigenvalue weighted by molar-refractivity contribution is 0.350. The van der Waals surface area contributed by atoms with Gasteiger partial charge in [-0.05, 0) is 30.5 Å². The first kappa shape index (κ1) is 11.5. The van der Waals surface area contributed by atoms with Gasteiger partial charge in [-0.1, -0.05) is 31.5 Å². The molecule has 1 nitrogen and oxygen atoms in total. The molecular weight excluding hydrogens is 201 g/mol. The molecule has 78 valence electrons. The van der Waals surface area contributed by atoms with Gasteiger partial charge in [-0.3, -0.25) is 0 Å². The van der Waals surface area contributed by atoms with Crippen molar-refractivity contribution in [3.63, 3.8) is 0 Å². The highest BCUT2D eigenvalue weighted by molar-refractivity contribution is 6.31. The van der Waals surface area contributed by atoms with E-state index in [1.807, 2.05) is 20.8 Å². The van der Waals surface area contributed by atoms with Crippen LogP contribution in [-0.4, -0.2) is 0 Å². The Balaban J connectivity index is 3.19. The fourth-order valence-electron chi connectivity index (χ4n) is 1.24. The summed E-state index contributed by atoms with van der Waals surface area (Å²) in [5.74, 6) is -0.0937. The third kappa shape index (κ3) is 2.07. The summed E-state index contributed by atoms with van der Waals surface area (Å²) in [5.41, 5.74) is 6.39. The first-order chi connectivity index (χ1) is 6.35. The molecular formula is C11H15ClFN. The fourth-order valence-corrected chi connectivity index (χ4v) is 1.61. The van der Waals surface area contributed by atoms with Crippen LogP contribution in [0.5, 0.6) is 0 Å². The zero-order chi connectivity index (χ0) is 10.9. The summed E-state index contributed by atoms with van der Waals surface area (Å²) < 4.78 is 12.8. The Morgan fingerprint density at radius 1 is 1.43 bits per heavy atom. The second-order valence-corrected chi connectivity index (χ2v) is 4.47. The Bertz CT molecular complexity index is 334. The van der Waals surface area contributed by atoms with Crippen LogP contribution in [0.25, 0.3) is 0 Å². The van der Waals surface area contributed by atoms with Gasteiger partial charge in [-0.15, -0.1) is 0 Å². The third-order valence-electron chi connectivity index (χ3n) is 2.71. The van der Waals surface area contributed by atoms with E-state index in [-0.39, 0.29) is 11.7 Å². The van der Waals surface area contributed by atoms with E-state index in [1.165, 1.54) is 12.1 Å². The van der Waals surface area contributed by atoms with Crippen LogP contribution < -0.4 is 5.73 Å². The maximum absolute atomic E-state index is 12.8. The minimum atomic E-state index is -0.523. The van der Waals surface area contributed by atoms with Crippen molar-refractivity contribution in [1.82, 2.24) is 0 Å². The van der Waals surface area contributed by atoms with Crippen LogP contribution in [0.15, 0.2) is 18.2 Å². The zero-order valence-corrected chi connectivity index (χ0v) is 9.40. The van der Waals surface area contributed by atoms with E-state index in [4.69, 9.17) is 17.3 Å². The van der Waals surface area contributed by atoms with Gasteiger partial charge in [0.15, 0.2) is 0 Å². The smallest absolute Gasteiger partial charge is 0.124 e. The number of benzene rings is 1. The summed E-state index contributed by atoms with van der Waals surface area (Å²) >= 11 is 5.94. The molecule has 0 aliphatic rings. The van der Waals surface area contributed by atoms with Crippen LogP contribution in [0, 0.1) is 11.7 Å². The first-order valence-electron chi connectivity index (χ1n) is 4.60. The number of rotatable bonds is 2. The standard InChI is InChI=1S/C11H15ClFN/c1-7(2)11(3,14)9-5-4-8(13)6-10(9)12/h4-7H,14H2,1-3H3/t11-/m1/s1. The molecule has 0 aliphatic carbocycles. The van der Waals surface area contributed by atoms with Crippen molar-refractivity contribution in [2.24, 2.45) is 11.7 Å². The molecule has 0 heterocycles. The monoisotopic (exact) mass is 215 g/mol. The van der Waals surface area contributed by atoms with Gasteiger partial charge in [-0.25, -0.2) is 4.39 Å². The number of hydrogen-bond donors (Lipinski definition) is 1. The van der Waals surface area contributed by atoms with Gasteiger partial charge in [0, 0.05) is 10.6 Å². The van der Waals surface area contributed by atoms with Crippen molar-refractivity contribution in [1.29, 1.82) is 0 Å². The van der Waals surface area contributed by atoms with Gasteiger partial charge >= 0.3 is 0 Å². The summed E-state index contributed by atoms with van der Waals surface area (Å²) in [6, 6.07) is 4.33. The number of halogens is 2. The highest BCUT2D eigenvalue weighted by atomic mass is 35.5. The molecule has 1 atom stereocenters. The highest BCUT2D eigenvalue weighted by Crippen LogP contribution is 2.31. The summed E-state index contributed by atoms with van der Waals surface area (Å²) in [7, 11) is 0. The predicted octanol–water partition coefficient (Wildman–Crippen LogP) is 3.31. The quantitative estimate of drug-likeness (QED) is 0.805. The van der Waals surface area contributed by atoms with Crippen molar-refractivity contribution >= 4 is 11.6 Å². The summed E-state index contributed by atoms with van der Waals surface area (Å²) in [6.45, 7) is 5.93. The van der Waals surface area contributed by atoms with Crippen LogP contribution >= 0.6 is 11.6 Å². The van der Waals surface area contributed by atoms with Gasteiger partial charge in [0.2, 0.25) is 0 Å². The molecule has 0 saturated heterocycles. The Morgan fingerprint density at radius 2 is 2.00 bits per heavy atom. The summed E-state index contributed by atoms with van der Waals surface area (Å²) in [6.07, 6.45) is 0. The maximum Gasteiger partial charge on any atom is 0.124 e. The molecule has 0 saturated carbocycles. The molecule has 0 spiro atoms. The Hall–Kier alpha value is -0.600. The van der Waals surface area contributed by atoms with Crippen LogP contribution in [0.2, 0.25) is 5.02 Å². The third-order valence-corrected chi connectivity index (χ3v) is 3.02. The van der Waals surface area contributed by atoms with E-state index < -0.39 is 5.54 Å². The minimum absolute atomic E-state index is 0.241. The summed E-state index contributed by atoms with van der Waals surface area (Å²) in [5, 5.41) is 0.392. The molecule has 14 heavy (non-hydrogen) atoms. The van der Waals surface area contributed by atoms with E-state index in [0.717, 1.165) is 5.56 Å². The van der Waals surface area contributed by atoms with Crippen LogP contribution in [-0.2, 0) is 5.54 Å². The molecule has 3 heteroatoms. The molecule has 0 bridgehead atoms. The lowest BCUT2D eigenvalue weighted by Gasteiger charge is -2.30. The second kappa shape index (κ2) is 3.87. The largest absolute Gasteiger partial charge is 0.321 e. The van der Waals surface area contributed by atoms with Crippen molar-refractivity contribution in [2.75, 3.05) is 0 Å². The number of hydrogen-bond acceptors (Lipinski definition) is 1. The Morgan fingerprint density at radius 3 is 2.43 bits per heavy atom. The van der Waals surface area contributed by atoms with Crippen molar-refractivity contribution < 1.29 is 4.39 Å². The molecule has 0 unspecified atom stereocenters. The first-order valence-corrected chi connectivity index (χ1v) is 4.98. The average molecular weight is 216 g/mol. The Labute approximate surface area is 89.1 Å². The molecule has 2 N–H and O–H groups in total. The topological polar surface area (TPSA) is 26.0 Å². The fraction of sp³-hybridized carbons (Fsp3) is 0.455. The van der Waals surface area contributed by atoms with Crippen LogP contribution in [0.4, 0.5) is 4.39 Å². The van der Waals surface area contributed by atoms with Gasteiger partial charge in [0.1, 0.15) is 5.82 Å². The molecule has 0 aliphatic heterocycles. The van der Waals surface area contributed by atoms with Crippen molar-refractivity contribution in [3.05, 3.63) is 34.6 Å². The second-order valence-electron chi connectivity index (χ2n) is 4.06. The van der Waals surface area contributed by atoms with Crippen molar-refractivity contribution in [2.45, 2.75) is 26.3 Å². The average Bonchev–Trinajstić information content (AvgIpc) is 2.02. The van der Waals surface area contributed by atoms with Gasteiger partial charge in [0.25, 0.3) is 0 Å². The molecule has 0 radical (unpaired) electrons. The molecule has 1 aromatic rings. The van der Waals surface area contributed by atoms with Crippen LogP contribution in [0.3, 0.4) is 0 Å². The molecule has 1 aromatic carbocycles. The normalized spacial score (nSPS) is 15.6. The number of nitrogens with two attached hydrogens (primary N) is 1. The van der Waals surface area contributed by atoms with E-state index in [9.17, 15) is 4.39 Å². The lowest BCUT2D eigenvalue weighted by atomic mass is 9.83. The van der Waals surface area contributed by atoms with E-state index >= 15 is 0 Å². The van der Waals surface area contributed by atoms with E-state index in [2.05, 4.69) is 0 Å². The van der Waals surface area contributed by atoms with E-state index in [1.54, 1.807) is 6.07 Å².